The Kier molecular flexibility index (Phi) is 2.33. The number of H-pyrrole nitrogens is 1. The van der Waals surface area contributed by atoms with E-state index in [0.29, 0.717) is 0 Å². The largest absolute Gasteiger partial charge is 0.331 e. The summed E-state index contributed by atoms with van der Waals surface area (Å²) in [5.74, 6) is 0. The van der Waals surface area contributed by atoms with Gasteiger partial charge in [-0.1, -0.05) is 24.3 Å². The number of aryl methyl sites for hydroxylation is 2. The summed E-state index contributed by atoms with van der Waals surface area (Å²) in [7, 11) is 0. The summed E-state index contributed by atoms with van der Waals surface area (Å²) in [6, 6.07) is 13.9. The predicted molar refractivity (Wildman–Crippen MR) is 73.4 cm³/mol. The smallest absolute Gasteiger partial charge is 0.305 e. The molecule has 0 spiro atoms. The minimum absolute atomic E-state index is 0.0927. The first-order valence-electron chi connectivity index (χ1n) is 5.94. The third kappa shape index (κ3) is 1.56. The Balaban J connectivity index is 2.42. The third-order valence-corrected chi connectivity index (χ3v) is 3.20. The maximum absolute atomic E-state index is 12.1. The van der Waals surface area contributed by atoms with Crippen LogP contribution in [0.15, 0.2) is 47.3 Å². The summed E-state index contributed by atoms with van der Waals surface area (Å²) in [6.45, 7) is 4.04. The van der Waals surface area contributed by atoms with Gasteiger partial charge in [0.15, 0.2) is 0 Å². The van der Waals surface area contributed by atoms with E-state index in [1.165, 1.54) is 0 Å². The lowest BCUT2D eigenvalue weighted by molar-refractivity contribution is 1.00. The highest BCUT2D eigenvalue weighted by Crippen LogP contribution is 2.19. The number of aromatic nitrogens is 2. The number of fused-ring (bicyclic) bond motifs is 1. The highest BCUT2D eigenvalue weighted by atomic mass is 16.1. The van der Waals surface area contributed by atoms with Gasteiger partial charge >= 0.3 is 5.69 Å². The Morgan fingerprint density at radius 2 is 1.83 bits per heavy atom. The second-order valence-corrected chi connectivity index (χ2v) is 4.57. The minimum Gasteiger partial charge on any atom is -0.305 e. The second kappa shape index (κ2) is 3.88. The molecular weight excluding hydrogens is 224 g/mol. The van der Waals surface area contributed by atoms with Crippen LogP contribution < -0.4 is 5.69 Å². The number of hydrogen-bond acceptors (Lipinski definition) is 1. The maximum atomic E-state index is 12.1. The van der Waals surface area contributed by atoms with E-state index in [1.807, 2.05) is 56.3 Å². The Bertz CT molecular complexity index is 781. The molecule has 0 bridgehead atoms. The average molecular weight is 238 g/mol. The van der Waals surface area contributed by atoms with Crippen LogP contribution in [0, 0.1) is 13.8 Å². The van der Waals surface area contributed by atoms with Gasteiger partial charge in [0.25, 0.3) is 0 Å². The molecule has 0 aliphatic heterocycles. The predicted octanol–water partition coefficient (Wildman–Crippen LogP) is 2.94. The maximum Gasteiger partial charge on any atom is 0.331 e. The molecule has 0 fully saturated rings. The highest BCUT2D eigenvalue weighted by molar-refractivity contribution is 5.78. The van der Waals surface area contributed by atoms with Gasteiger partial charge in [-0.25, -0.2) is 4.79 Å². The topological polar surface area (TPSA) is 37.8 Å². The first-order chi connectivity index (χ1) is 8.66. The number of benzene rings is 2. The van der Waals surface area contributed by atoms with Crippen LogP contribution in [0.4, 0.5) is 0 Å². The number of rotatable bonds is 1. The Labute approximate surface area is 105 Å². The molecule has 0 atom stereocenters. The zero-order valence-electron chi connectivity index (χ0n) is 10.4. The van der Waals surface area contributed by atoms with E-state index in [4.69, 9.17) is 0 Å². The second-order valence-electron chi connectivity index (χ2n) is 4.57. The van der Waals surface area contributed by atoms with Crippen molar-refractivity contribution in [1.82, 2.24) is 9.55 Å². The Morgan fingerprint density at radius 3 is 2.61 bits per heavy atom. The van der Waals surface area contributed by atoms with E-state index < -0.39 is 0 Å². The van der Waals surface area contributed by atoms with Crippen LogP contribution in [0.5, 0.6) is 0 Å². The molecular formula is C15H14N2O. The molecule has 18 heavy (non-hydrogen) atoms. The summed E-state index contributed by atoms with van der Waals surface area (Å²) in [4.78, 5) is 15.0. The molecule has 0 amide bonds. The van der Waals surface area contributed by atoms with E-state index in [0.717, 1.165) is 27.8 Å². The van der Waals surface area contributed by atoms with Crippen molar-refractivity contribution >= 4 is 11.0 Å². The summed E-state index contributed by atoms with van der Waals surface area (Å²) in [5.41, 5.74) is 4.86. The van der Waals surface area contributed by atoms with Gasteiger partial charge in [-0.3, -0.25) is 4.57 Å². The van der Waals surface area contributed by atoms with Crippen LogP contribution in [-0.2, 0) is 0 Å². The van der Waals surface area contributed by atoms with E-state index in [2.05, 4.69) is 4.98 Å². The van der Waals surface area contributed by atoms with Crippen molar-refractivity contribution in [3.63, 3.8) is 0 Å². The number of nitrogens with zero attached hydrogens (tertiary/aromatic N) is 1. The molecule has 0 aliphatic rings. The van der Waals surface area contributed by atoms with Gasteiger partial charge in [0.1, 0.15) is 0 Å². The highest BCUT2D eigenvalue weighted by Gasteiger charge is 2.09. The molecule has 1 N–H and O–H groups in total. The lowest BCUT2D eigenvalue weighted by atomic mass is 10.2. The van der Waals surface area contributed by atoms with Crippen LogP contribution in [0.2, 0.25) is 0 Å². The first kappa shape index (κ1) is 10.8. The molecule has 0 unspecified atom stereocenters. The van der Waals surface area contributed by atoms with Crippen molar-refractivity contribution < 1.29 is 0 Å². The SMILES string of the molecule is Cc1ccc2[nH]c(=O)n(-c3ccccc3C)c2c1. The van der Waals surface area contributed by atoms with Gasteiger partial charge in [-0.2, -0.15) is 0 Å². The van der Waals surface area contributed by atoms with Gasteiger partial charge in [-0.15, -0.1) is 0 Å². The number of para-hydroxylation sites is 1. The summed E-state index contributed by atoms with van der Waals surface area (Å²) >= 11 is 0. The molecule has 0 aliphatic carbocycles. The normalized spacial score (nSPS) is 11.0. The van der Waals surface area contributed by atoms with Crippen molar-refractivity contribution in [2.45, 2.75) is 13.8 Å². The number of nitrogens with one attached hydrogen (secondary N) is 1. The molecule has 90 valence electrons. The Morgan fingerprint density at radius 1 is 1.06 bits per heavy atom. The molecule has 3 aromatic rings. The quantitative estimate of drug-likeness (QED) is 0.695. The fourth-order valence-corrected chi connectivity index (χ4v) is 2.27. The van der Waals surface area contributed by atoms with Crippen molar-refractivity contribution in [2.24, 2.45) is 0 Å². The fourth-order valence-electron chi connectivity index (χ4n) is 2.27. The summed E-state index contributed by atoms with van der Waals surface area (Å²) in [6.07, 6.45) is 0. The molecule has 3 rings (SSSR count). The average Bonchev–Trinajstić information content (AvgIpc) is 2.66. The van der Waals surface area contributed by atoms with E-state index >= 15 is 0 Å². The zero-order chi connectivity index (χ0) is 12.7. The van der Waals surface area contributed by atoms with Crippen LogP contribution in [0.3, 0.4) is 0 Å². The number of hydrogen-bond donors (Lipinski definition) is 1. The number of aromatic amines is 1. The third-order valence-electron chi connectivity index (χ3n) is 3.20. The van der Waals surface area contributed by atoms with E-state index in [1.54, 1.807) is 4.57 Å². The lowest BCUT2D eigenvalue weighted by Gasteiger charge is -2.07. The van der Waals surface area contributed by atoms with Crippen LogP contribution in [0.1, 0.15) is 11.1 Å². The van der Waals surface area contributed by atoms with Crippen molar-refractivity contribution in [3.05, 3.63) is 64.1 Å². The van der Waals surface area contributed by atoms with Gasteiger partial charge in [0.05, 0.1) is 16.7 Å². The van der Waals surface area contributed by atoms with Gasteiger partial charge < -0.3 is 4.98 Å². The van der Waals surface area contributed by atoms with Crippen LogP contribution in [-0.4, -0.2) is 9.55 Å². The van der Waals surface area contributed by atoms with Crippen molar-refractivity contribution in [1.29, 1.82) is 0 Å². The molecule has 0 saturated carbocycles. The van der Waals surface area contributed by atoms with Crippen LogP contribution in [0.25, 0.3) is 16.7 Å². The van der Waals surface area contributed by atoms with Gasteiger partial charge in [0, 0.05) is 0 Å². The molecule has 1 heterocycles. The molecule has 0 radical (unpaired) electrons. The Hall–Kier alpha value is -2.29. The fraction of sp³-hybridized carbons (Fsp3) is 0.133. The monoisotopic (exact) mass is 238 g/mol. The number of imidazole rings is 1. The van der Waals surface area contributed by atoms with Crippen molar-refractivity contribution in [3.8, 4) is 5.69 Å². The molecule has 3 heteroatoms. The van der Waals surface area contributed by atoms with E-state index in [9.17, 15) is 4.79 Å². The summed E-state index contributed by atoms with van der Waals surface area (Å²) < 4.78 is 1.73. The van der Waals surface area contributed by atoms with Gasteiger partial charge in [-0.05, 0) is 43.2 Å². The van der Waals surface area contributed by atoms with Crippen molar-refractivity contribution in [2.75, 3.05) is 0 Å². The molecule has 0 saturated heterocycles. The summed E-state index contributed by atoms with van der Waals surface area (Å²) in [5, 5.41) is 0. The standard InChI is InChI=1S/C15H14N2O/c1-10-7-8-12-14(9-10)17(15(18)16-12)13-6-4-3-5-11(13)2/h3-9H,1-2H3,(H,16,18). The lowest BCUT2D eigenvalue weighted by Crippen LogP contribution is -2.15. The molecule has 1 aromatic heterocycles. The zero-order valence-corrected chi connectivity index (χ0v) is 10.4. The van der Waals surface area contributed by atoms with Gasteiger partial charge in [0.2, 0.25) is 0 Å². The molecule has 2 aromatic carbocycles. The van der Waals surface area contributed by atoms with E-state index in [-0.39, 0.29) is 5.69 Å². The first-order valence-corrected chi connectivity index (χ1v) is 5.94. The minimum atomic E-state index is -0.0927. The van der Waals surface area contributed by atoms with Crippen LogP contribution >= 0.6 is 0 Å². The molecule has 3 nitrogen and oxygen atoms in total.